The monoisotopic (exact) mass is 264 g/mol. The fourth-order valence-corrected chi connectivity index (χ4v) is 2.35. The molecule has 0 N–H and O–H groups in total. The van der Waals surface area contributed by atoms with Crippen molar-refractivity contribution in [2.24, 2.45) is 0 Å². The molecule has 18 heavy (non-hydrogen) atoms. The molecule has 0 aliphatic carbocycles. The zero-order valence-corrected chi connectivity index (χ0v) is 12.7. The van der Waals surface area contributed by atoms with Crippen LogP contribution in [0.5, 0.6) is 0 Å². The zero-order chi connectivity index (χ0) is 13.7. The van der Waals surface area contributed by atoms with Crippen molar-refractivity contribution in [1.29, 1.82) is 0 Å². The molecule has 4 heteroatoms. The summed E-state index contributed by atoms with van der Waals surface area (Å²) in [7, 11) is 0. The number of rotatable bonds is 2. The van der Waals surface area contributed by atoms with Crippen LogP contribution in [0, 0.1) is 13.8 Å². The molecule has 0 atom stereocenters. The van der Waals surface area contributed by atoms with Crippen molar-refractivity contribution >= 4 is 22.9 Å². The third-order valence-electron chi connectivity index (χ3n) is 2.36. The minimum Gasteiger partial charge on any atom is -0.353 e. The van der Waals surface area contributed by atoms with Crippen molar-refractivity contribution in [2.75, 3.05) is 0 Å². The lowest BCUT2D eigenvalue weighted by atomic mass is 10.3. The van der Waals surface area contributed by atoms with Crippen LogP contribution in [0.2, 0.25) is 0 Å². The topological polar surface area (TPSA) is 38.9 Å². The Balaban J connectivity index is 0.000000771. The molecule has 0 spiro atoms. The molecule has 98 valence electrons. The summed E-state index contributed by atoms with van der Waals surface area (Å²) in [5, 5.41) is 3.96. The second-order valence-electron chi connectivity index (χ2n) is 3.71. The van der Waals surface area contributed by atoms with E-state index in [1.54, 1.807) is 11.8 Å². The summed E-state index contributed by atoms with van der Waals surface area (Å²) in [5.41, 5.74) is 3.49. The maximum atomic E-state index is 5.32. The number of fused-ring (bicyclic) bond motifs is 1. The van der Waals surface area contributed by atoms with Crippen LogP contribution in [0.4, 0.5) is 0 Å². The molecular weight excluding hydrogens is 244 g/mol. The first kappa shape index (κ1) is 14.8. The molecule has 0 amide bonds. The van der Waals surface area contributed by atoms with Gasteiger partial charge in [-0.1, -0.05) is 36.8 Å². The van der Waals surface area contributed by atoms with Crippen LogP contribution in [0.1, 0.15) is 39.1 Å². The summed E-state index contributed by atoms with van der Waals surface area (Å²) >= 11 is 1.69. The highest BCUT2D eigenvalue weighted by Crippen LogP contribution is 2.33. The average molecular weight is 264 g/mol. The van der Waals surface area contributed by atoms with Crippen molar-refractivity contribution in [2.45, 2.75) is 46.4 Å². The van der Waals surface area contributed by atoms with Crippen molar-refractivity contribution in [3.8, 4) is 0 Å². The second-order valence-corrected chi connectivity index (χ2v) is 5.00. The number of aromatic nitrogens is 2. The Morgan fingerprint density at radius 3 is 2.61 bits per heavy atom. The standard InChI is InChI=1S/C12H14N2OS.C2H6/c1-5-8(3)16-10-6-7(2)13-11-9(4)14-15-12(10)11;1-2/h5-6H,1-4H3;1-2H3/b8-5+;. The van der Waals surface area contributed by atoms with Crippen molar-refractivity contribution < 1.29 is 4.52 Å². The van der Waals surface area contributed by atoms with Gasteiger partial charge in [-0.25, -0.2) is 4.98 Å². The number of hydrogen-bond acceptors (Lipinski definition) is 4. The van der Waals surface area contributed by atoms with Gasteiger partial charge in [0.05, 0.1) is 4.90 Å². The highest BCUT2D eigenvalue weighted by Gasteiger charge is 2.12. The molecule has 0 bridgehead atoms. The van der Waals surface area contributed by atoms with Crippen LogP contribution in [-0.4, -0.2) is 10.1 Å². The minimum atomic E-state index is 0.786. The number of thioether (sulfide) groups is 1. The van der Waals surface area contributed by atoms with E-state index in [4.69, 9.17) is 4.52 Å². The highest BCUT2D eigenvalue weighted by molar-refractivity contribution is 8.03. The lowest BCUT2D eigenvalue weighted by molar-refractivity contribution is 0.446. The first-order valence-corrected chi connectivity index (χ1v) is 6.98. The van der Waals surface area contributed by atoms with Gasteiger partial charge in [-0.05, 0) is 38.7 Å². The molecule has 0 radical (unpaired) electrons. The Bertz CT molecular complexity index is 558. The molecule has 3 nitrogen and oxygen atoms in total. The highest BCUT2D eigenvalue weighted by atomic mass is 32.2. The van der Waals surface area contributed by atoms with Crippen LogP contribution in [0.3, 0.4) is 0 Å². The van der Waals surface area contributed by atoms with Gasteiger partial charge in [0.1, 0.15) is 11.2 Å². The Morgan fingerprint density at radius 1 is 1.33 bits per heavy atom. The lowest BCUT2D eigenvalue weighted by Crippen LogP contribution is -1.85. The van der Waals surface area contributed by atoms with Crippen LogP contribution >= 0.6 is 11.8 Å². The minimum absolute atomic E-state index is 0.786. The third-order valence-corrected chi connectivity index (χ3v) is 3.44. The van der Waals surface area contributed by atoms with Gasteiger partial charge < -0.3 is 4.52 Å². The van der Waals surface area contributed by atoms with Gasteiger partial charge in [0, 0.05) is 5.69 Å². The van der Waals surface area contributed by atoms with E-state index in [-0.39, 0.29) is 0 Å². The second kappa shape index (κ2) is 6.59. The largest absolute Gasteiger partial charge is 0.353 e. The summed E-state index contributed by atoms with van der Waals surface area (Å²) in [5.74, 6) is 0. The van der Waals surface area contributed by atoms with Gasteiger partial charge in [0.2, 0.25) is 0 Å². The van der Waals surface area contributed by atoms with Crippen molar-refractivity contribution in [1.82, 2.24) is 10.1 Å². The average Bonchev–Trinajstić information content (AvgIpc) is 2.74. The quantitative estimate of drug-likeness (QED) is 0.724. The van der Waals surface area contributed by atoms with Crippen LogP contribution in [0.15, 0.2) is 26.5 Å². The molecule has 0 saturated carbocycles. The first-order chi connectivity index (χ1) is 8.61. The third kappa shape index (κ3) is 3.13. The van der Waals surface area contributed by atoms with E-state index in [1.165, 1.54) is 4.91 Å². The van der Waals surface area contributed by atoms with Gasteiger partial charge in [0.15, 0.2) is 5.58 Å². The van der Waals surface area contributed by atoms with Crippen LogP contribution < -0.4 is 0 Å². The smallest absolute Gasteiger partial charge is 0.199 e. The molecule has 2 heterocycles. The molecule has 0 fully saturated rings. The lowest BCUT2D eigenvalue weighted by Gasteiger charge is -2.02. The van der Waals surface area contributed by atoms with E-state index in [2.05, 4.69) is 23.1 Å². The summed E-state index contributed by atoms with van der Waals surface area (Å²) in [6.07, 6.45) is 2.08. The molecule has 0 unspecified atom stereocenters. The van der Waals surface area contributed by atoms with Gasteiger partial charge in [0.25, 0.3) is 0 Å². The number of allylic oxidation sites excluding steroid dienone is 2. The van der Waals surface area contributed by atoms with Crippen LogP contribution in [0.25, 0.3) is 11.1 Å². The maximum absolute atomic E-state index is 5.32. The Kier molecular flexibility index (Phi) is 5.41. The van der Waals surface area contributed by atoms with E-state index in [0.29, 0.717) is 0 Å². The summed E-state index contributed by atoms with van der Waals surface area (Å²) in [6.45, 7) is 12.0. The molecule has 0 saturated heterocycles. The predicted molar refractivity (Wildman–Crippen MR) is 77.9 cm³/mol. The molecule has 0 aliphatic rings. The number of hydrogen-bond donors (Lipinski definition) is 0. The molecular formula is C14H20N2OS. The molecule has 2 aromatic heterocycles. The maximum Gasteiger partial charge on any atom is 0.199 e. The number of nitrogens with zero attached hydrogens (tertiary/aromatic N) is 2. The van der Waals surface area contributed by atoms with Crippen molar-refractivity contribution in [3.63, 3.8) is 0 Å². The number of pyridine rings is 1. The molecule has 2 rings (SSSR count). The summed E-state index contributed by atoms with van der Waals surface area (Å²) in [6, 6.07) is 2.03. The van der Waals surface area contributed by atoms with E-state index in [1.807, 2.05) is 40.7 Å². The Labute approximate surface area is 113 Å². The van der Waals surface area contributed by atoms with E-state index in [0.717, 1.165) is 27.4 Å². The summed E-state index contributed by atoms with van der Waals surface area (Å²) < 4.78 is 5.32. The van der Waals surface area contributed by atoms with Gasteiger partial charge >= 0.3 is 0 Å². The van der Waals surface area contributed by atoms with E-state index in [9.17, 15) is 0 Å². The van der Waals surface area contributed by atoms with Gasteiger partial charge in [-0.15, -0.1) is 0 Å². The molecule has 0 aromatic carbocycles. The normalized spacial score (nSPS) is 11.3. The Morgan fingerprint density at radius 2 is 2.00 bits per heavy atom. The zero-order valence-electron chi connectivity index (χ0n) is 11.9. The first-order valence-electron chi connectivity index (χ1n) is 6.16. The Hall–Kier alpha value is -1.29. The fourth-order valence-electron chi connectivity index (χ4n) is 1.43. The van der Waals surface area contributed by atoms with Crippen molar-refractivity contribution in [3.05, 3.63) is 28.4 Å². The van der Waals surface area contributed by atoms with E-state index < -0.39 is 0 Å². The fraction of sp³-hybridized carbons (Fsp3) is 0.429. The summed E-state index contributed by atoms with van der Waals surface area (Å²) in [4.78, 5) is 6.76. The van der Waals surface area contributed by atoms with E-state index >= 15 is 0 Å². The molecule has 0 aliphatic heterocycles. The van der Waals surface area contributed by atoms with Gasteiger partial charge in [-0.2, -0.15) is 0 Å². The molecule has 2 aromatic rings. The van der Waals surface area contributed by atoms with Crippen LogP contribution in [-0.2, 0) is 0 Å². The van der Waals surface area contributed by atoms with Gasteiger partial charge in [-0.3, -0.25) is 0 Å². The number of aryl methyl sites for hydroxylation is 2. The SMILES string of the molecule is C/C=C(\C)Sc1cc(C)nc2c(C)noc12.CC. The predicted octanol–water partition coefficient (Wildman–Crippen LogP) is 4.88.